The minimum atomic E-state index is -0.954. The maximum Gasteiger partial charge on any atom is 0.313 e. The third-order valence-corrected chi connectivity index (χ3v) is 5.17. The number of amides is 1. The molecular formula is C16H18ClN3O4. The van der Waals surface area contributed by atoms with E-state index in [4.69, 9.17) is 11.6 Å². The summed E-state index contributed by atoms with van der Waals surface area (Å²) in [6.07, 6.45) is 3.06. The minimum Gasteiger partial charge on any atom is -0.481 e. The zero-order chi connectivity index (χ0) is 17.5. The van der Waals surface area contributed by atoms with E-state index in [0.29, 0.717) is 26.2 Å². The molecule has 2 fully saturated rings. The highest BCUT2D eigenvalue weighted by Crippen LogP contribution is 2.43. The van der Waals surface area contributed by atoms with Crippen molar-refractivity contribution in [2.24, 2.45) is 11.3 Å². The molecule has 2 aliphatic heterocycles. The van der Waals surface area contributed by atoms with Gasteiger partial charge in [0.1, 0.15) is 10.4 Å². The number of nitrogens with zero attached hydrogens (tertiary/aromatic N) is 2. The van der Waals surface area contributed by atoms with Crippen molar-refractivity contribution in [2.75, 3.05) is 32.7 Å². The van der Waals surface area contributed by atoms with Crippen LogP contribution < -0.4 is 5.56 Å². The molecule has 0 aromatic carbocycles. The van der Waals surface area contributed by atoms with Crippen LogP contribution in [0.1, 0.15) is 10.4 Å². The second kappa shape index (κ2) is 6.07. The Hall–Kier alpha value is -2.12. The van der Waals surface area contributed by atoms with Crippen molar-refractivity contribution in [3.63, 3.8) is 0 Å². The van der Waals surface area contributed by atoms with Gasteiger partial charge < -0.3 is 15.0 Å². The first kappa shape index (κ1) is 16.7. The number of carbonyl (C=O) groups excluding carboxylic acids is 1. The Morgan fingerprint density at radius 3 is 2.79 bits per heavy atom. The topological polar surface area (TPSA) is 93.7 Å². The normalized spacial score (nSPS) is 26.4. The zero-order valence-electron chi connectivity index (χ0n) is 13.0. The first-order chi connectivity index (χ1) is 11.4. The molecule has 0 saturated carbocycles. The van der Waals surface area contributed by atoms with E-state index in [0.717, 1.165) is 0 Å². The summed E-state index contributed by atoms with van der Waals surface area (Å²) in [5.74, 6) is -1.33. The van der Waals surface area contributed by atoms with Crippen LogP contribution >= 0.6 is 11.6 Å². The Balaban J connectivity index is 1.82. The maximum absolute atomic E-state index is 12.6. The molecule has 1 amide bonds. The van der Waals surface area contributed by atoms with Gasteiger partial charge in [-0.25, -0.2) is 0 Å². The van der Waals surface area contributed by atoms with Gasteiger partial charge in [0, 0.05) is 44.8 Å². The SMILES string of the molecule is C=CCN1C[C@@H]2CN(C(=O)c3c[nH]c(=O)c(Cl)c3)C[C@]2(C(=O)O)C1. The molecule has 2 saturated heterocycles. The Morgan fingerprint density at radius 2 is 2.21 bits per heavy atom. The highest BCUT2D eigenvalue weighted by molar-refractivity contribution is 6.30. The third-order valence-electron chi connectivity index (χ3n) is 4.88. The van der Waals surface area contributed by atoms with Gasteiger partial charge in [0.2, 0.25) is 0 Å². The quantitative estimate of drug-likeness (QED) is 0.778. The second-order valence-electron chi connectivity index (χ2n) is 6.39. The molecule has 0 unspecified atom stereocenters. The Kier molecular flexibility index (Phi) is 4.23. The van der Waals surface area contributed by atoms with E-state index in [1.807, 2.05) is 4.90 Å². The first-order valence-electron chi connectivity index (χ1n) is 7.61. The molecule has 1 aromatic rings. The summed E-state index contributed by atoms with van der Waals surface area (Å²) in [5.41, 5.74) is -1.17. The van der Waals surface area contributed by atoms with Gasteiger partial charge >= 0.3 is 5.97 Å². The third kappa shape index (κ3) is 2.63. The lowest BCUT2D eigenvalue weighted by Crippen LogP contribution is -2.42. The van der Waals surface area contributed by atoms with E-state index in [9.17, 15) is 19.5 Å². The number of hydrogen-bond acceptors (Lipinski definition) is 4. The van der Waals surface area contributed by atoms with E-state index in [1.54, 1.807) is 6.08 Å². The summed E-state index contributed by atoms with van der Waals surface area (Å²) in [7, 11) is 0. The number of rotatable bonds is 4. The van der Waals surface area contributed by atoms with Gasteiger partial charge in [-0.05, 0) is 6.07 Å². The molecule has 2 aliphatic rings. The van der Waals surface area contributed by atoms with Crippen molar-refractivity contribution in [3.8, 4) is 0 Å². The van der Waals surface area contributed by atoms with Gasteiger partial charge in [-0.3, -0.25) is 19.3 Å². The second-order valence-corrected chi connectivity index (χ2v) is 6.80. The van der Waals surface area contributed by atoms with Crippen LogP contribution in [0.15, 0.2) is 29.7 Å². The predicted molar refractivity (Wildman–Crippen MR) is 88.2 cm³/mol. The fraction of sp³-hybridized carbons (Fsp3) is 0.438. The fourth-order valence-corrected chi connectivity index (χ4v) is 3.88. The van der Waals surface area contributed by atoms with Gasteiger partial charge in [0.25, 0.3) is 11.5 Å². The van der Waals surface area contributed by atoms with Crippen LogP contribution in [-0.4, -0.2) is 64.5 Å². The van der Waals surface area contributed by atoms with Crippen molar-refractivity contribution >= 4 is 23.5 Å². The fourth-order valence-electron chi connectivity index (χ4n) is 3.71. The van der Waals surface area contributed by atoms with Crippen LogP contribution in [0.5, 0.6) is 0 Å². The molecule has 7 nitrogen and oxygen atoms in total. The molecule has 24 heavy (non-hydrogen) atoms. The molecule has 3 rings (SSSR count). The molecule has 0 spiro atoms. The van der Waals surface area contributed by atoms with Crippen molar-refractivity contribution < 1.29 is 14.7 Å². The van der Waals surface area contributed by atoms with Crippen molar-refractivity contribution in [3.05, 3.63) is 45.9 Å². The molecule has 2 N–H and O–H groups in total. The van der Waals surface area contributed by atoms with E-state index >= 15 is 0 Å². The number of carbonyl (C=O) groups is 2. The summed E-state index contributed by atoms with van der Waals surface area (Å²) in [6, 6.07) is 1.31. The van der Waals surface area contributed by atoms with Crippen LogP contribution in [0.25, 0.3) is 0 Å². The number of hydrogen-bond donors (Lipinski definition) is 2. The number of fused-ring (bicyclic) bond motifs is 1. The summed E-state index contributed by atoms with van der Waals surface area (Å²) < 4.78 is 0. The molecule has 1 aromatic heterocycles. The highest BCUT2D eigenvalue weighted by atomic mass is 35.5. The summed E-state index contributed by atoms with van der Waals surface area (Å²) in [4.78, 5) is 41.8. The monoisotopic (exact) mass is 351 g/mol. The number of H-pyrrole nitrogens is 1. The van der Waals surface area contributed by atoms with Gasteiger partial charge in [-0.1, -0.05) is 17.7 Å². The van der Waals surface area contributed by atoms with Crippen LogP contribution in [0, 0.1) is 11.3 Å². The summed E-state index contributed by atoms with van der Waals surface area (Å²) in [5, 5.41) is 9.69. The first-order valence-corrected chi connectivity index (χ1v) is 7.99. The lowest BCUT2D eigenvalue weighted by Gasteiger charge is -2.25. The maximum atomic E-state index is 12.6. The van der Waals surface area contributed by atoms with Crippen LogP contribution in [0.2, 0.25) is 5.02 Å². The predicted octanol–water partition coefficient (Wildman–Crippen LogP) is 0.673. The number of aliphatic carboxylic acids is 1. The Morgan fingerprint density at radius 1 is 1.46 bits per heavy atom. The van der Waals surface area contributed by atoms with Crippen molar-refractivity contribution in [1.82, 2.24) is 14.8 Å². The molecule has 128 valence electrons. The average molecular weight is 352 g/mol. The minimum absolute atomic E-state index is 0.0645. The van der Waals surface area contributed by atoms with Crippen molar-refractivity contribution in [1.29, 1.82) is 0 Å². The smallest absolute Gasteiger partial charge is 0.313 e. The molecule has 3 heterocycles. The van der Waals surface area contributed by atoms with Gasteiger partial charge in [-0.15, -0.1) is 6.58 Å². The number of aromatic nitrogens is 1. The number of likely N-dealkylation sites (tertiary alicyclic amines) is 2. The number of halogens is 1. The van der Waals surface area contributed by atoms with Gasteiger partial charge in [0.05, 0.1) is 5.56 Å². The van der Waals surface area contributed by atoms with E-state index in [1.165, 1.54) is 17.2 Å². The van der Waals surface area contributed by atoms with E-state index in [-0.39, 0.29) is 29.0 Å². The Bertz CT molecular complexity index is 762. The largest absolute Gasteiger partial charge is 0.481 e. The molecule has 0 radical (unpaired) electrons. The molecule has 0 aliphatic carbocycles. The lowest BCUT2D eigenvalue weighted by atomic mass is 9.81. The molecular weight excluding hydrogens is 334 g/mol. The number of nitrogens with one attached hydrogen (secondary N) is 1. The number of pyridine rings is 1. The molecule has 8 heteroatoms. The number of aromatic amines is 1. The van der Waals surface area contributed by atoms with Gasteiger partial charge in [-0.2, -0.15) is 0 Å². The number of carboxylic acid groups (broad SMARTS) is 1. The zero-order valence-corrected chi connectivity index (χ0v) is 13.8. The van der Waals surface area contributed by atoms with E-state index in [2.05, 4.69) is 11.6 Å². The van der Waals surface area contributed by atoms with Crippen molar-refractivity contribution in [2.45, 2.75) is 0 Å². The lowest BCUT2D eigenvalue weighted by molar-refractivity contribution is -0.148. The van der Waals surface area contributed by atoms with Crippen LogP contribution in [-0.2, 0) is 4.79 Å². The molecule has 2 atom stereocenters. The van der Waals surface area contributed by atoms with Crippen LogP contribution in [0.3, 0.4) is 0 Å². The highest BCUT2D eigenvalue weighted by Gasteiger charge is 2.58. The van der Waals surface area contributed by atoms with Crippen LogP contribution in [0.4, 0.5) is 0 Å². The summed E-state index contributed by atoms with van der Waals surface area (Å²) >= 11 is 5.77. The summed E-state index contributed by atoms with van der Waals surface area (Å²) in [6.45, 7) is 5.86. The molecule has 0 bridgehead atoms. The standard InChI is InChI=1S/C16H18ClN3O4/c1-2-3-19-6-11-7-20(9-16(11,8-19)15(23)24)14(22)10-4-12(17)13(21)18-5-10/h2,4-5,11H,1,3,6-9H2,(H,18,21)(H,23,24)/t11-,16-/m1/s1. The van der Waals surface area contributed by atoms with Gasteiger partial charge in [0.15, 0.2) is 0 Å². The Labute approximate surface area is 143 Å². The average Bonchev–Trinajstić information content (AvgIpc) is 3.04. The van der Waals surface area contributed by atoms with E-state index < -0.39 is 16.9 Å². The number of carboxylic acids is 1.